The molecule has 2 saturated carbocycles. The number of thioether (sulfide) groups is 1. The Balaban J connectivity index is 1.83. The number of nitrogens with zero attached hydrogens (tertiary/aromatic N) is 1. The van der Waals surface area contributed by atoms with Crippen LogP contribution >= 0.6 is 11.8 Å². The van der Waals surface area contributed by atoms with Gasteiger partial charge in [-0.15, -0.1) is 0 Å². The van der Waals surface area contributed by atoms with Crippen LogP contribution in [0.25, 0.3) is 0 Å². The second-order valence-corrected chi connectivity index (χ2v) is 6.86. The van der Waals surface area contributed by atoms with Crippen molar-refractivity contribution < 1.29 is 14.7 Å². The van der Waals surface area contributed by atoms with Gasteiger partial charge >= 0.3 is 5.97 Å². The van der Waals surface area contributed by atoms with Crippen molar-refractivity contribution in [3.05, 3.63) is 0 Å². The third-order valence-corrected chi connectivity index (χ3v) is 5.31. The summed E-state index contributed by atoms with van der Waals surface area (Å²) < 4.78 is 0. The molecule has 1 N–H and O–H groups in total. The van der Waals surface area contributed by atoms with Crippen molar-refractivity contribution in [2.45, 2.75) is 43.9 Å². The van der Waals surface area contributed by atoms with Gasteiger partial charge in [-0.05, 0) is 31.4 Å². The fourth-order valence-corrected chi connectivity index (χ4v) is 3.97. The summed E-state index contributed by atoms with van der Waals surface area (Å²) in [6.45, 7) is 2.16. The first-order valence-corrected chi connectivity index (χ1v) is 7.70. The highest BCUT2D eigenvalue weighted by Gasteiger charge is 2.50. The summed E-state index contributed by atoms with van der Waals surface area (Å²) in [6, 6.07) is 0.316. The van der Waals surface area contributed by atoms with Crippen LogP contribution in [-0.2, 0) is 9.59 Å². The molecule has 0 aromatic carbocycles. The third kappa shape index (κ3) is 2.82. The molecular weight excluding hydrogens is 250 g/mol. The van der Waals surface area contributed by atoms with E-state index in [2.05, 4.69) is 6.92 Å². The van der Waals surface area contributed by atoms with Gasteiger partial charge in [-0.1, -0.05) is 6.92 Å². The van der Waals surface area contributed by atoms with Crippen molar-refractivity contribution in [3.8, 4) is 0 Å². The Hall–Kier alpha value is -0.710. The second kappa shape index (κ2) is 5.51. The van der Waals surface area contributed by atoms with Gasteiger partial charge in [-0.3, -0.25) is 9.59 Å². The van der Waals surface area contributed by atoms with E-state index >= 15 is 0 Å². The average molecular weight is 271 g/mol. The lowest BCUT2D eigenvalue weighted by Gasteiger charge is -2.24. The van der Waals surface area contributed by atoms with Gasteiger partial charge in [0.05, 0.1) is 11.8 Å². The van der Waals surface area contributed by atoms with Gasteiger partial charge in [0.1, 0.15) is 0 Å². The number of aliphatic carboxylic acids is 1. The SMILES string of the molecule is CCSC1CCC(N(C)C(=O)C2CC2C(=O)O)C1. The lowest BCUT2D eigenvalue weighted by Crippen LogP contribution is -2.37. The van der Waals surface area contributed by atoms with Crippen molar-refractivity contribution in [1.29, 1.82) is 0 Å². The molecule has 2 aliphatic rings. The maximum absolute atomic E-state index is 12.1. The van der Waals surface area contributed by atoms with Crippen LogP contribution in [0.2, 0.25) is 0 Å². The molecule has 4 nitrogen and oxygen atoms in total. The molecule has 0 aliphatic heterocycles. The van der Waals surface area contributed by atoms with Crippen molar-refractivity contribution in [3.63, 3.8) is 0 Å². The average Bonchev–Trinajstić information content (AvgIpc) is 3.02. The minimum Gasteiger partial charge on any atom is -0.481 e. The van der Waals surface area contributed by atoms with Gasteiger partial charge < -0.3 is 10.0 Å². The van der Waals surface area contributed by atoms with E-state index in [1.54, 1.807) is 0 Å². The number of carboxylic acid groups (broad SMARTS) is 1. The molecule has 0 bridgehead atoms. The minimum absolute atomic E-state index is 0.0366. The lowest BCUT2D eigenvalue weighted by molar-refractivity contribution is -0.142. The van der Waals surface area contributed by atoms with Gasteiger partial charge in [-0.25, -0.2) is 0 Å². The molecular formula is C13H21NO3S. The van der Waals surface area contributed by atoms with E-state index in [0.29, 0.717) is 17.7 Å². The zero-order chi connectivity index (χ0) is 13.3. The quantitative estimate of drug-likeness (QED) is 0.829. The molecule has 4 atom stereocenters. The summed E-state index contributed by atoms with van der Waals surface area (Å²) in [5.74, 6) is -0.353. The van der Waals surface area contributed by atoms with Crippen LogP contribution in [0.3, 0.4) is 0 Å². The van der Waals surface area contributed by atoms with E-state index < -0.39 is 11.9 Å². The fraction of sp³-hybridized carbons (Fsp3) is 0.846. The number of hydrogen-bond donors (Lipinski definition) is 1. The number of rotatable bonds is 5. The van der Waals surface area contributed by atoms with E-state index in [9.17, 15) is 9.59 Å². The normalized spacial score (nSPS) is 34.3. The Morgan fingerprint density at radius 2 is 2.00 bits per heavy atom. The minimum atomic E-state index is -0.826. The lowest BCUT2D eigenvalue weighted by atomic mass is 10.2. The first kappa shape index (κ1) is 13.7. The van der Waals surface area contributed by atoms with E-state index in [0.717, 1.165) is 18.6 Å². The molecule has 0 saturated heterocycles. The van der Waals surface area contributed by atoms with Crippen LogP contribution in [-0.4, -0.2) is 46.0 Å². The monoisotopic (exact) mass is 271 g/mol. The van der Waals surface area contributed by atoms with Crippen LogP contribution in [0.4, 0.5) is 0 Å². The van der Waals surface area contributed by atoms with E-state index in [1.165, 1.54) is 6.42 Å². The van der Waals surface area contributed by atoms with Crippen LogP contribution in [0.1, 0.15) is 32.6 Å². The Morgan fingerprint density at radius 1 is 1.28 bits per heavy atom. The highest BCUT2D eigenvalue weighted by Crippen LogP contribution is 2.41. The molecule has 2 aliphatic carbocycles. The standard InChI is InChI=1S/C13H21NO3S/c1-3-18-9-5-4-8(6-9)14(2)12(15)10-7-11(10)13(16)17/h8-11H,3-7H2,1-2H3,(H,16,17). The first-order chi connectivity index (χ1) is 8.54. The number of carbonyl (C=O) groups excluding carboxylic acids is 1. The highest BCUT2D eigenvalue weighted by atomic mass is 32.2. The first-order valence-electron chi connectivity index (χ1n) is 6.65. The molecule has 0 aromatic heterocycles. The summed E-state index contributed by atoms with van der Waals surface area (Å²) in [4.78, 5) is 24.7. The summed E-state index contributed by atoms with van der Waals surface area (Å²) in [5, 5.41) is 9.53. The number of carbonyl (C=O) groups is 2. The summed E-state index contributed by atoms with van der Waals surface area (Å²) >= 11 is 1.97. The van der Waals surface area contributed by atoms with Crippen LogP contribution in [0.5, 0.6) is 0 Å². The van der Waals surface area contributed by atoms with Crippen LogP contribution in [0, 0.1) is 11.8 Å². The highest BCUT2D eigenvalue weighted by molar-refractivity contribution is 7.99. The van der Waals surface area contributed by atoms with E-state index in [1.807, 2.05) is 23.7 Å². The Kier molecular flexibility index (Phi) is 4.20. The van der Waals surface area contributed by atoms with E-state index in [4.69, 9.17) is 5.11 Å². The zero-order valence-corrected chi connectivity index (χ0v) is 11.8. The predicted molar refractivity (Wildman–Crippen MR) is 71.6 cm³/mol. The van der Waals surface area contributed by atoms with Gasteiger partial charge in [0.25, 0.3) is 0 Å². The van der Waals surface area contributed by atoms with Gasteiger partial charge in [0, 0.05) is 18.3 Å². The van der Waals surface area contributed by atoms with Crippen molar-refractivity contribution in [1.82, 2.24) is 4.90 Å². The summed E-state index contributed by atoms with van der Waals surface area (Å²) in [7, 11) is 1.84. The maximum Gasteiger partial charge on any atom is 0.307 e. The molecule has 1 amide bonds. The van der Waals surface area contributed by atoms with Crippen LogP contribution < -0.4 is 0 Å². The second-order valence-electron chi connectivity index (χ2n) is 5.28. The van der Waals surface area contributed by atoms with Gasteiger partial charge in [0.2, 0.25) is 5.91 Å². The van der Waals surface area contributed by atoms with Crippen molar-refractivity contribution in [2.24, 2.45) is 11.8 Å². The molecule has 2 rings (SSSR count). The van der Waals surface area contributed by atoms with E-state index in [-0.39, 0.29) is 11.8 Å². The predicted octanol–water partition coefficient (Wildman–Crippen LogP) is 1.84. The molecule has 18 heavy (non-hydrogen) atoms. The summed E-state index contributed by atoms with van der Waals surface area (Å²) in [6.07, 6.45) is 3.82. The zero-order valence-electron chi connectivity index (χ0n) is 11.0. The number of carboxylic acids is 1. The molecule has 4 unspecified atom stereocenters. The molecule has 2 fully saturated rings. The molecule has 0 radical (unpaired) electrons. The molecule has 0 heterocycles. The topological polar surface area (TPSA) is 57.6 Å². The maximum atomic E-state index is 12.1. The number of hydrogen-bond acceptors (Lipinski definition) is 3. The Morgan fingerprint density at radius 3 is 2.56 bits per heavy atom. The molecule has 5 heteroatoms. The largest absolute Gasteiger partial charge is 0.481 e. The molecule has 0 spiro atoms. The Labute approximate surface area is 112 Å². The van der Waals surface area contributed by atoms with Gasteiger partial charge in [-0.2, -0.15) is 11.8 Å². The van der Waals surface area contributed by atoms with Gasteiger partial charge in [0.15, 0.2) is 0 Å². The Bertz CT molecular complexity index is 347. The summed E-state index contributed by atoms with van der Waals surface area (Å²) in [5.41, 5.74) is 0. The third-order valence-electron chi connectivity index (χ3n) is 4.08. The van der Waals surface area contributed by atoms with Crippen molar-refractivity contribution in [2.75, 3.05) is 12.8 Å². The molecule has 0 aromatic rings. The number of amides is 1. The molecule has 102 valence electrons. The van der Waals surface area contributed by atoms with Crippen molar-refractivity contribution >= 4 is 23.6 Å². The smallest absolute Gasteiger partial charge is 0.307 e. The fourth-order valence-electron chi connectivity index (χ4n) is 2.84. The van der Waals surface area contributed by atoms with Crippen LogP contribution in [0.15, 0.2) is 0 Å².